The molecule has 104 valence electrons. The highest BCUT2D eigenvalue weighted by Gasteiger charge is 2.26. The second kappa shape index (κ2) is 7.77. The summed E-state index contributed by atoms with van der Waals surface area (Å²) in [5, 5.41) is 3.08. The van der Waals surface area contributed by atoms with Crippen LogP contribution in [0.25, 0.3) is 0 Å². The van der Waals surface area contributed by atoms with Crippen LogP contribution in [0, 0.1) is 6.92 Å². The van der Waals surface area contributed by atoms with Gasteiger partial charge in [-0.05, 0) is 31.9 Å². The third kappa shape index (κ3) is 4.59. The Morgan fingerprint density at radius 2 is 2.00 bits per heavy atom. The third-order valence-corrected chi connectivity index (χ3v) is 4.28. The molecule has 1 amide bonds. The van der Waals surface area contributed by atoms with E-state index in [0.717, 1.165) is 17.7 Å². The molecule has 1 rings (SSSR count). The number of hydrogen-bond acceptors (Lipinski definition) is 3. The van der Waals surface area contributed by atoms with Crippen molar-refractivity contribution in [2.45, 2.75) is 45.6 Å². The van der Waals surface area contributed by atoms with Gasteiger partial charge in [0, 0.05) is 16.3 Å². The molecule has 0 aliphatic carbocycles. The number of amides is 1. The zero-order valence-corrected chi connectivity index (χ0v) is 12.9. The Hall–Kier alpha value is -0.580. The Bertz CT molecular complexity index is 367. The van der Waals surface area contributed by atoms with Crippen molar-refractivity contribution in [1.29, 1.82) is 0 Å². The summed E-state index contributed by atoms with van der Waals surface area (Å²) in [5.74, 6) is 0.0704. The van der Waals surface area contributed by atoms with E-state index in [0.29, 0.717) is 13.0 Å². The summed E-state index contributed by atoms with van der Waals surface area (Å²) in [4.78, 5) is 14.3. The number of nitrogens with two attached hydrogens (primary N) is 1. The van der Waals surface area contributed by atoms with Crippen LogP contribution < -0.4 is 11.1 Å². The van der Waals surface area contributed by atoms with Crippen LogP contribution in [0.15, 0.2) is 12.1 Å². The number of nitrogens with one attached hydrogen (secondary N) is 1. The zero-order valence-electron chi connectivity index (χ0n) is 11.3. The van der Waals surface area contributed by atoms with Gasteiger partial charge in [-0.2, -0.15) is 0 Å². The fraction of sp³-hybridized carbons (Fsp3) is 0.615. The molecule has 0 bridgehead atoms. The summed E-state index contributed by atoms with van der Waals surface area (Å²) in [6.07, 6.45) is 2.20. The van der Waals surface area contributed by atoms with Crippen LogP contribution in [0.5, 0.6) is 0 Å². The summed E-state index contributed by atoms with van der Waals surface area (Å²) >= 11 is 1.67. The van der Waals surface area contributed by atoms with Gasteiger partial charge >= 0.3 is 0 Å². The predicted molar refractivity (Wildman–Crippen MR) is 80.5 cm³/mol. The molecule has 0 fully saturated rings. The van der Waals surface area contributed by atoms with Crippen LogP contribution in [-0.2, 0) is 11.2 Å². The topological polar surface area (TPSA) is 55.1 Å². The summed E-state index contributed by atoms with van der Waals surface area (Å²) in [6.45, 7) is 6.67. The molecule has 1 heterocycles. The molecule has 0 saturated carbocycles. The van der Waals surface area contributed by atoms with E-state index in [1.54, 1.807) is 11.3 Å². The van der Waals surface area contributed by atoms with Crippen LogP contribution in [0.1, 0.15) is 36.4 Å². The lowest BCUT2D eigenvalue weighted by molar-refractivity contribution is -0.122. The maximum Gasteiger partial charge on any atom is 0.225 e. The van der Waals surface area contributed by atoms with E-state index >= 15 is 0 Å². The standard InChI is InChI=1S/C13H22N2OS.ClH/c1-4-13(5-2,9-14)15-12(16)8-11-7-6-10(3)17-11;/h6-7H,4-5,8-9,14H2,1-3H3,(H,15,16);1H. The molecule has 0 aliphatic heterocycles. The monoisotopic (exact) mass is 290 g/mol. The van der Waals surface area contributed by atoms with Crippen molar-refractivity contribution < 1.29 is 4.79 Å². The zero-order chi connectivity index (χ0) is 12.9. The van der Waals surface area contributed by atoms with Gasteiger partial charge in [0.2, 0.25) is 5.91 Å². The van der Waals surface area contributed by atoms with Crippen molar-refractivity contribution in [3.8, 4) is 0 Å². The first-order chi connectivity index (χ1) is 8.05. The number of hydrogen-bond donors (Lipinski definition) is 2. The molecular weight excluding hydrogens is 268 g/mol. The highest BCUT2D eigenvalue weighted by molar-refractivity contribution is 7.12. The number of rotatable bonds is 6. The summed E-state index contributed by atoms with van der Waals surface area (Å²) in [7, 11) is 0. The highest BCUT2D eigenvalue weighted by atomic mass is 35.5. The molecule has 0 spiro atoms. The van der Waals surface area contributed by atoms with E-state index in [4.69, 9.17) is 5.73 Å². The van der Waals surface area contributed by atoms with Gasteiger partial charge in [0.25, 0.3) is 0 Å². The molecule has 1 aromatic rings. The van der Waals surface area contributed by atoms with Gasteiger partial charge in [-0.1, -0.05) is 13.8 Å². The van der Waals surface area contributed by atoms with Crippen LogP contribution in [0.3, 0.4) is 0 Å². The number of halogens is 1. The molecule has 1 aromatic heterocycles. The van der Waals surface area contributed by atoms with E-state index in [1.165, 1.54) is 4.88 Å². The molecule has 0 saturated heterocycles. The van der Waals surface area contributed by atoms with Gasteiger partial charge in [-0.3, -0.25) is 4.79 Å². The third-order valence-electron chi connectivity index (χ3n) is 3.28. The fourth-order valence-electron chi connectivity index (χ4n) is 1.84. The van der Waals surface area contributed by atoms with Crippen molar-refractivity contribution in [1.82, 2.24) is 5.32 Å². The highest BCUT2D eigenvalue weighted by Crippen LogP contribution is 2.17. The van der Waals surface area contributed by atoms with Crippen LogP contribution in [0.4, 0.5) is 0 Å². The van der Waals surface area contributed by atoms with Gasteiger partial charge in [0.05, 0.1) is 12.0 Å². The maximum absolute atomic E-state index is 12.0. The van der Waals surface area contributed by atoms with Gasteiger partial charge < -0.3 is 11.1 Å². The van der Waals surface area contributed by atoms with Crippen molar-refractivity contribution in [3.63, 3.8) is 0 Å². The summed E-state index contributed by atoms with van der Waals surface area (Å²) in [6, 6.07) is 4.06. The quantitative estimate of drug-likeness (QED) is 0.846. The molecule has 0 aromatic carbocycles. The number of thiophene rings is 1. The smallest absolute Gasteiger partial charge is 0.225 e. The molecular formula is C13H23ClN2OS. The Morgan fingerprint density at radius 1 is 1.39 bits per heavy atom. The Kier molecular flexibility index (Phi) is 7.52. The molecule has 0 aliphatic rings. The lowest BCUT2D eigenvalue weighted by atomic mass is 9.93. The molecule has 5 heteroatoms. The predicted octanol–water partition coefficient (Wildman–Crippen LogP) is 2.65. The first kappa shape index (κ1) is 17.4. The SMILES string of the molecule is CCC(CC)(CN)NC(=O)Cc1ccc(C)s1.Cl. The molecule has 0 atom stereocenters. The summed E-state index contributed by atoms with van der Waals surface area (Å²) in [5.41, 5.74) is 5.53. The van der Waals surface area contributed by atoms with Crippen molar-refractivity contribution in [2.24, 2.45) is 5.73 Å². The average Bonchev–Trinajstić information content (AvgIpc) is 2.72. The normalized spacial score (nSPS) is 10.9. The van der Waals surface area contributed by atoms with Gasteiger partial charge in [-0.15, -0.1) is 23.7 Å². The lowest BCUT2D eigenvalue weighted by Gasteiger charge is -2.31. The van der Waals surface area contributed by atoms with Crippen molar-refractivity contribution in [3.05, 3.63) is 21.9 Å². The minimum Gasteiger partial charge on any atom is -0.349 e. The van der Waals surface area contributed by atoms with E-state index in [9.17, 15) is 4.79 Å². The molecule has 18 heavy (non-hydrogen) atoms. The van der Waals surface area contributed by atoms with Gasteiger partial charge in [0.1, 0.15) is 0 Å². The van der Waals surface area contributed by atoms with Crippen molar-refractivity contribution in [2.75, 3.05) is 6.54 Å². The van der Waals surface area contributed by atoms with E-state index in [-0.39, 0.29) is 23.9 Å². The number of carbonyl (C=O) groups excluding carboxylic acids is 1. The van der Waals surface area contributed by atoms with Crippen LogP contribution >= 0.6 is 23.7 Å². The van der Waals surface area contributed by atoms with E-state index < -0.39 is 0 Å². The summed E-state index contributed by atoms with van der Waals surface area (Å²) < 4.78 is 0. The Balaban J connectivity index is 0.00000289. The molecule has 3 nitrogen and oxygen atoms in total. The van der Waals surface area contributed by atoms with Crippen LogP contribution in [0.2, 0.25) is 0 Å². The molecule has 0 unspecified atom stereocenters. The van der Waals surface area contributed by atoms with Crippen LogP contribution in [-0.4, -0.2) is 18.0 Å². The first-order valence-electron chi connectivity index (χ1n) is 6.11. The Labute approximate surface area is 120 Å². The molecule has 3 N–H and O–H groups in total. The second-order valence-electron chi connectivity index (χ2n) is 4.43. The minimum absolute atomic E-state index is 0. The Morgan fingerprint density at radius 3 is 2.39 bits per heavy atom. The number of aryl methyl sites for hydroxylation is 1. The second-order valence-corrected chi connectivity index (χ2v) is 5.80. The van der Waals surface area contributed by atoms with E-state index in [2.05, 4.69) is 19.2 Å². The number of carbonyl (C=O) groups is 1. The molecule has 0 radical (unpaired) electrons. The lowest BCUT2D eigenvalue weighted by Crippen LogP contribution is -2.53. The fourth-order valence-corrected chi connectivity index (χ4v) is 2.73. The largest absolute Gasteiger partial charge is 0.349 e. The van der Waals surface area contributed by atoms with Gasteiger partial charge in [-0.25, -0.2) is 0 Å². The minimum atomic E-state index is -0.233. The van der Waals surface area contributed by atoms with E-state index in [1.807, 2.05) is 19.1 Å². The average molecular weight is 291 g/mol. The first-order valence-corrected chi connectivity index (χ1v) is 6.93. The van der Waals surface area contributed by atoms with Crippen molar-refractivity contribution >= 4 is 29.7 Å². The van der Waals surface area contributed by atoms with Gasteiger partial charge in [0.15, 0.2) is 0 Å². The maximum atomic E-state index is 12.0.